The lowest BCUT2D eigenvalue weighted by Gasteiger charge is -2.14. The molecule has 0 aliphatic heterocycles. The van der Waals surface area contributed by atoms with E-state index in [1.807, 2.05) is 12.1 Å². The number of hydrogen-bond acceptors (Lipinski definition) is 3. The van der Waals surface area contributed by atoms with Crippen LogP contribution in [0.5, 0.6) is 0 Å². The molecule has 4 nitrogen and oxygen atoms in total. The van der Waals surface area contributed by atoms with Gasteiger partial charge in [0.1, 0.15) is 5.01 Å². The van der Waals surface area contributed by atoms with E-state index in [2.05, 4.69) is 60.5 Å². The molecule has 0 spiro atoms. The molecule has 0 aliphatic rings. The fourth-order valence-electron chi connectivity index (χ4n) is 1.94. The molecule has 0 unspecified atom stereocenters. The number of nitrogens with zero attached hydrogens (tertiary/aromatic N) is 2. The zero-order chi connectivity index (χ0) is 16.2. The maximum atomic E-state index is 5.95. The van der Waals surface area contributed by atoms with Gasteiger partial charge in [0.2, 0.25) is 0 Å². The van der Waals surface area contributed by atoms with E-state index in [9.17, 15) is 0 Å². The Balaban J connectivity index is 0.00000264. The molecule has 2 aromatic rings. The Morgan fingerprint density at radius 2 is 2.09 bits per heavy atom. The first-order valence-electron chi connectivity index (χ1n) is 7.49. The average Bonchev–Trinajstić information content (AvgIpc) is 2.94. The molecule has 0 amide bonds. The van der Waals surface area contributed by atoms with Crippen LogP contribution in [0.1, 0.15) is 44.0 Å². The number of anilines is 1. The summed E-state index contributed by atoms with van der Waals surface area (Å²) in [4.78, 5) is 8.99. The average molecular weight is 444 g/mol. The maximum absolute atomic E-state index is 5.95. The van der Waals surface area contributed by atoms with Gasteiger partial charge in [-0.1, -0.05) is 39.8 Å². The Bertz CT molecular complexity index is 659. The van der Waals surface area contributed by atoms with Crippen LogP contribution in [-0.2, 0) is 18.4 Å². The van der Waals surface area contributed by atoms with Crippen LogP contribution in [0.15, 0.2) is 34.6 Å². The van der Waals surface area contributed by atoms with Gasteiger partial charge in [0.05, 0.1) is 12.2 Å². The first-order chi connectivity index (χ1) is 10.4. The van der Waals surface area contributed by atoms with E-state index in [1.165, 1.54) is 5.56 Å². The number of nitrogens with one attached hydrogen (secondary N) is 1. The molecule has 1 heterocycles. The number of hydrogen-bond donors (Lipinski definition) is 2. The molecule has 2 rings (SSSR count). The molecule has 126 valence electrons. The van der Waals surface area contributed by atoms with Crippen molar-refractivity contribution in [1.29, 1.82) is 0 Å². The van der Waals surface area contributed by atoms with Gasteiger partial charge in [-0.3, -0.25) is 0 Å². The van der Waals surface area contributed by atoms with Crippen molar-refractivity contribution in [1.82, 2.24) is 4.98 Å². The van der Waals surface area contributed by atoms with E-state index in [-0.39, 0.29) is 29.4 Å². The van der Waals surface area contributed by atoms with Crippen LogP contribution in [0.4, 0.5) is 5.69 Å². The van der Waals surface area contributed by atoms with Gasteiger partial charge in [0.25, 0.3) is 0 Å². The molecule has 0 saturated heterocycles. The number of halogens is 1. The Hall–Kier alpha value is -1.15. The first kappa shape index (κ1) is 19.9. The number of thiazole rings is 1. The van der Waals surface area contributed by atoms with Crippen LogP contribution in [-0.4, -0.2) is 10.9 Å². The molecule has 3 N–H and O–H groups in total. The zero-order valence-corrected chi connectivity index (χ0v) is 17.2. The van der Waals surface area contributed by atoms with Crippen LogP contribution in [0, 0.1) is 0 Å². The van der Waals surface area contributed by atoms with Crippen LogP contribution < -0.4 is 11.1 Å². The number of benzene rings is 1. The van der Waals surface area contributed by atoms with E-state index in [4.69, 9.17) is 5.73 Å². The van der Waals surface area contributed by atoms with Crippen LogP contribution >= 0.6 is 35.3 Å². The van der Waals surface area contributed by atoms with Crippen LogP contribution in [0.3, 0.4) is 0 Å². The van der Waals surface area contributed by atoms with Gasteiger partial charge in [-0.15, -0.1) is 35.3 Å². The molecule has 0 bridgehead atoms. The molecule has 0 fully saturated rings. The van der Waals surface area contributed by atoms with Crippen molar-refractivity contribution in [2.45, 2.75) is 46.1 Å². The van der Waals surface area contributed by atoms with Crippen LogP contribution in [0.2, 0.25) is 0 Å². The second kappa shape index (κ2) is 8.63. The summed E-state index contributed by atoms with van der Waals surface area (Å²) in [6.45, 7) is 9.11. The Labute approximate surface area is 159 Å². The number of guanidine groups is 1. The number of nitrogens with two attached hydrogens (primary N) is 1. The molecular formula is C17H25IN4S. The number of aromatic nitrogens is 1. The lowest BCUT2D eigenvalue weighted by molar-refractivity contribution is 0.571. The van der Waals surface area contributed by atoms with Crippen molar-refractivity contribution in [3.63, 3.8) is 0 Å². The first-order valence-corrected chi connectivity index (χ1v) is 8.37. The van der Waals surface area contributed by atoms with E-state index >= 15 is 0 Å². The fraction of sp³-hybridized carbons (Fsp3) is 0.412. The minimum atomic E-state index is 0. The highest BCUT2D eigenvalue weighted by atomic mass is 127. The number of aryl methyl sites for hydroxylation is 1. The van der Waals surface area contributed by atoms with E-state index < -0.39 is 0 Å². The molecule has 0 radical (unpaired) electrons. The van der Waals surface area contributed by atoms with Crippen molar-refractivity contribution in [2.24, 2.45) is 10.7 Å². The lowest BCUT2D eigenvalue weighted by atomic mass is 9.93. The third-order valence-electron chi connectivity index (χ3n) is 3.31. The van der Waals surface area contributed by atoms with Crippen molar-refractivity contribution < 1.29 is 0 Å². The second-order valence-corrected chi connectivity index (χ2v) is 7.20. The third kappa shape index (κ3) is 6.10. The molecule has 1 aromatic carbocycles. The molecule has 0 saturated carbocycles. The highest BCUT2D eigenvalue weighted by Crippen LogP contribution is 2.24. The molecule has 0 atom stereocenters. The summed E-state index contributed by atoms with van der Waals surface area (Å²) >= 11 is 1.63. The summed E-state index contributed by atoms with van der Waals surface area (Å²) < 4.78 is 0. The predicted molar refractivity (Wildman–Crippen MR) is 111 cm³/mol. The molecule has 6 heteroatoms. The minimum Gasteiger partial charge on any atom is -0.370 e. The quantitative estimate of drug-likeness (QED) is 0.413. The SMILES string of the molecule is CCc1cccc(NC(N)=NCc2nc(C(C)(C)C)cs2)c1.I. The summed E-state index contributed by atoms with van der Waals surface area (Å²) in [7, 11) is 0. The Morgan fingerprint density at radius 3 is 2.70 bits per heavy atom. The van der Waals surface area contributed by atoms with Gasteiger partial charge in [-0.25, -0.2) is 9.98 Å². The highest BCUT2D eigenvalue weighted by Gasteiger charge is 2.17. The summed E-state index contributed by atoms with van der Waals surface area (Å²) in [6.07, 6.45) is 1.00. The number of rotatable bonds is 4. The molecule has 1 aromatic heterocycles. The van der Waals surface area contributed by atoms with Gasteiger partial charge in [0, 0.05) is 16.5 Å². The van der Waals surface area contributed by atoms with Gasteiger partial charge >= 0.3 is 0 Å². The summed E-state index contributed by atoms with van der Waals surface area (Å²) in [5, 5.41) is 6.21. The minimum absolute atomic E-state index is 0. The largest absolute Gasteiger partial charge is 0.370 e. The molecule has 23 heavy (non-hydrogen) atoms. The van der Waals surface area contributed by atoms with Crippen molar-refractivity contribution in [2.75, 3.05) is 5.32 Å². The van der Waals surface area contributed by atoms with Crippen LogP contribution in [0.25, 0.3) is 0 Å². The van der Waals surface area contributed by atoms with Gasteiger partial charge in [-0.2, -0.15) is 0 Å². The molecular weight excluding hydrogens is 419 g/mol. The van der Waals surface area contributed by atoms with Gasteiger partial charge < -0.3 is 11.1 Å². The Morgan fingerprint density at radius 1 is 1.35 bits per heavy atom. The van der Waals surface area contributed by atoms with Gasteiger partial charge in [0.15, 0.2) is 5.96 Å². The van der Waals surface area contributed by atoms with E-state index in [0.29, 0.717) is 12.5 Å². The summed E-state index contributed by atoms with van der Waals surface area (Å²) in [5.41, 5.74) is 9.37. The van der Waals surface area contributed by atoms with Crippen molar-refractivity contribution in [3.05, 3.63) is 45.9 Å². The fourth-order valence-corrected chi connectivity index (χ4v) is 2.88. The van der Waals surface area contributed by atoms with Crippen molar-refractivity contribution >= 4 is 47.0 Å². The topological polar surface area (TPSA) is 63.3 Å². The Kier molecular flexibility index (Phi) is 7.47. The normalized spacial score (nSPS) is 11.9. The van der Waals surface area contributed by atoms with Crippen molar-refractivity contribution in [3.8, 4) is 0 Å². The smallest absolute Gasteiger partial charge is 0.193 e. The highest BCUT2D eigenvalue weighted by molar-refractivity contribution is 14.0. The van der Waals surface area contributed by atoms with E-state index in [0.717, 1.165) is 22.8 Å². The third-order valence-corrected chi connectivity index (χ3v) is 4.15. The summed E-state index contributed by atoms with van der Waals surface area (Å²) in [5.74, 6) is 0.417. The second-order valence-electron chi connectivity index (χ2n) is 6.26. The van der Waals surface area contributed by atoms with Gasteiger partial charge in [-0.05, 0) is 24.1 Å². The summed E-state index contributed by atoms with van der Waals surface area (Å²) in [6, 6.07) is 8.19. The molecule has 0 aliphatic carbocycles. The number of aliphatic imine (C=N–C) groups is 1. The maximum Gasteiger partial charge on any atom is 0.193 e. The standard InChI is InChI=1S/C17H24N4S.HI/c1-5-12-7-6-8-13(9-12)20-16(18)19-10-15-21-14(11-22-15)17(2,3)4;/h6-9,11H,5,10H2,1-4H3,(H3,18,19,20);1H. The van der Waals surface area contributed by atoms with E-state index in [1.54, 1.807) is 11.3 Å². The lowest BCUT2D eigenvalue weighted by Crippen LogP contribution is -2.22. The predicted octanol–water partition coefficient (Wildman–Crippen LogP) is 4.55. The monoisotopic (exact) mass is 444 g/mol. The zero-order valence-electron chi connectivity index (χ0n) is 14.1.